The van der Waals surface area contributed by atoms with E-state index in [1.807, 2.05) is 54.6 Å². The maximum Gasteiger partial charge on any atom is 0.298 e. The molecule has 0 bridgehead atoms. The Morgan fingerprint density at radius 1 is 1.10 bits per heavy atom. The molecule has 0 saturated heterocycles. The molecule has 0 unspecified atom stereocenters. The Labute approximate surface area is 177 Å². The van der Waals surface area contributed by atoms with E-state index in [2.05, 4.69) is 5.32 Å². The van der Waals surface area contributed by atoms with Gasteiger partial charge in [-0.3, -0.25) is 14.2 Å². The molecule has 30 heavy (non-hydrogen) atoms. The highest BCUT2D eigenvalue weighted by Crippen LogP contribution is 2.34. The molecule has 2 aromatic carbocycles. The molecule has 152 valence electrons. The number of carbonyl (C=O) groups is 1. The van der Waals surface area contributed by atoms with Gasteiger partial charge in [0.15, 0.2) is 5.16 Å². The molecule has 0 aliphatic heterocycles. The van der Waals surface area contributed by atoms with Crippen molar-refractivity contribution in [1.82, 2.24) is 9.55 Å². The third-order valence-electron chi connectivity index (χ3n) is 5.48. The van der Waals surface area contributed by atoms with E-state index in [1.54, 1.807) is 4.57 Å². The van der Waals surface area contributed by atoms with E-state index >= 15 is 0 Å². The summed E-state index contributed by atoms with van der Waals surface area (Å²) in [4.78, 5) is 30.6. The van der Waals surface area contributed by atoms with Crippen LogP contribution in [-0.4, -0.2) is 21.2 Å². The fourth-order valence-electron chi connectivity index (χ4n) is 4.07. The van der Waals surface area contributed by atoms with Crippen molar-refractivity contribution in [2.24, 2.45) is 0 Å². The van der Waals surface area contributed by atoms with Crippen LogP contribution in [-0.2, 0) is 4.79 Å². The number of hydrogen-bond acceptors (Lipinski definition) is 5. The summed E-state index contributed by atoms with van der Waals surface area (Å²) in [6.45, 7) is 0. The molecule has 5 rings (SSSR count). The maximum atomic E-state index is 13.4. The molecule has 1 amide bonds. The minimum Gasteiger partial charge on any atom is -0.448 e. The Morgan fingerprint density at radius 3 is 2.63 bits per heavy atom. The highest BCUT2D eigenvalue weighted by atomic mass is 32.2. The predicted molar refractivity (Wildman–Crippen MR) is 119 cm³/mol. The van der Waals surface area contributed by atoms with Crippen LogP contribution in [0.2, 0.25) is 0 Å². The highest BCUT2D eigenvalue weighted by Gasteiger charge is 2.25. The third kappa shape index (κ3) is 3.50. The van der Waals surface area contributed by atoms with E-state index in [4.69, 9.17) is 9.40 Å². The summed E-state index contributed by atoms with van der Waals surface area (Å²) in [5.41, 5.74) is 2.10. The number of rotatable bonds is 5. The summed E-state index contributed by atoms with van der Waals surface area (Å²) >= 11 is 1.30. The number of furan rings is 1. The minimum atomic E-state index is -0.158. The number of hydrogen-bond donors (Lipinski definition) is 1. The fourth-order valence-corrected chi connectivity index (χ4v) is 4.93. The Hall–Kier alpha value is -3.06. The summed E-state index contributed by atoms with van der Waals surface area (Å²) in [5.74, 6) is 0.0468. The molecule has 7 heteroatoms. The van der Waals surface area contributed by atoms with E-state index in [0.717, 1.165) is 36.8 Å². The first-order valence-electron chi connectivity index (χ1n) is 10.1. The van der Waals surface area contributed by atoms with Gasteiger partial charge in [-0.15, -0.1) is 0 Å². The second-order valence-corrected chi connectivity index (χ2v) is 8.43. The molecule has 1 aliphatic carbocycles. The number of benzene rings is 2. The lowest BCUT2D eigenvalue weighted by molar-refractivity contribution is -0.113. The molecule has 4 aromatic rings. The van der Waals surface area contributed by atoms with Gasteiger partial charge in [0, 0.05) is 17.1 Å². The molecule has 1 N–H and O–H groups in total. The van der Waals surface area contributed by atoms with Gasteiger partial charge in [0.05, 0.1) is 5.75 Å². The van der Waals surface area contributed by atoms with Crippen molar-refractivity contribution in [1.29, 1.82) is 0 Å². The normalized spacial score (nSPS) is 14.5. The number of fused-ring (bicyclic) bond motifs is 3. The summed E-state index contributed by atoms with van der Waals surface area (Å²) in [6.07, 6.45) is 4.07. The summed E-state index contributed by atoms with van der Waals surface area (Å²) in [6, 6.07) is 17.0. The average molecular weight is 420 g/mol. The molecular weight excluding hydrogens is 398 g/mol. The van der Waals surface area contributed by atoms with Crippen LogP contribution in [0.4, 0.5) is 5.69 Å². The van der Waals surface area contributed by atoms with Crippen LogP contribution >= 0.6 is 11.8 Å². The number of anilines is 1. The van der Waals surface area contributed by atoms with E-state index in [9.17, 15) is 9.59 Å². The van der Waals surface area contributed by atoms with Crippen molar-refractivity contribution < 1.29 is 9.21 Å². The summed E-state index contributed by atoms with van der Waals surface area (Å²) < 4.78 is 7.61. The van der Waals surface area contributed by atoms with Crippen molar-refractivity contribution in [2.45, 2.75) is 36.9 Å². The summed E-state index contributed by atoms with van der Waals surface area (Å²) in [5, 5.41) is 4.28. The van der Waals surface area contributed by atoms with Crippen molar-refractivity contribution in [3.63, 3.8) is 0 Å². The van der Waals surface area contributed by atoms with Crippen LogP contribution in [0, 0.1) is 0 Å². The zero-order valence-corrected chi connectivity index (χ0v) is 17.2. The highest BCUT2D eigenvalue weighted by molar-refractivity contribution is 7.99. The van der Waals surface area contributed by atoms with Crippen LogP contribution in [0.25, 0.3) is 22.1 Å². The number of carbonyl (C=O) groups excluding carboxylic acids is 1. The molecule has 0 spiro atoms. The van der Waals surface area contributed by atoms with Crippen LogP contribution in [0.3, 0.4) is 0 Å². The summed E-state index contributed by atoms with van der Waals surface area (Å²) in [7, 11) is 0. The molecule has 1 aliphatic rings. The van der Waals surface area contributed by atoms with Crippen LogP contribution in [0.5, 0.6) is 0 Å². The number of thioether (sulfide) groups is 1. The van der Waals surface area contributed by atoms with Gasteiger partial charge >= 0.3 is 0 Å². The Balaban J connectivity index is 1.52. The van der Waals surface area contributed by atoms with Gasteiger partial charge in [-0.2, -0.15) is 0 Å². The number of nitrogens with one attached hydrogen (secondary N) is 1. The minimum absolute atomic E-state index is 0.0993. The van der Waals surface area contributed by atoms with Crippen LogP contribution < -0.4 is 10.9 Å². The maximum absolute atomic E-state index is 13.4. The number of amides is 1. The van der Waals surface area contributed by atoms with E-state index < -0.39 is 0 Å². The monoisotopic (exact) mass is 419 g/mol. The van der Waals surface area contributed by atoms with Crippen LogP contribution in [0.15, 0.2) is 69.0 Å². The molecule has 2 heterocycles. The van der Waals surface area contributed by atoms with Crippen LogP contribution in [0.1, 0.15) is 31.7 Å². The lowest BCUT2D eigenvalue weighted by atomic mass is 10.2. The SMILES string of the molecule is O=C(CSc1nc2c(oc3ccccc32)c(=O)n1C1CCCC1)Nc1ccccc1. The first-order valence-corrected chi connectivity index (χ1v) is 11.1. The molecule has 0 atom stereocenters. The van der Waals surface area contributed by atoms with Gasteiger partial charge in [-0.25, -0.2) is 4.98 Å². The smallest absolute Gasteiger partial charge is 0.298 e. The zero-order chi connectivity index (χ0) is 20.5. The van der Waals surface area contributed by atoms with Gasteiger partial charge < -0.3 is 9.73 Å². The fraction of sp³-hybridized carbons (Fsp3) is 0.261. The van der Waals surface area contributed by atoms with Crippen molar-refractivity contribution in [3.8, 4) is 0 Å². The van der Waals surface area contributed by atoms with Crippen molar-refractivity contribution in [2.75, 3.05) is 11.1 Å². The Bertz CT molecular complexity index is 1270. The zero-order valence-electron chi connectivity index (χ0n) is 16.3. The van der Waals surface area contributed by atoms with Gasteiger partial charge in [0.25, 0.3) is 5.56 Å². The predicted octanol–water partition coefficient (Wildman–Crippen LogP) is 4.99. The number of para-hydroxylation sites is 2. The molecule has 6 nitrogen and oxygen atoms in total. The van der Waals surface area contributed by atoms with E-state index in [0.29, 0.717) is 21.8 Å². The average Bonchev–Trinajstić information content (AvgIpc) is 3.41. The second-order valence-electron chi connectivity index (χ2n) is 7.49. The first-order chi connectivity index (χ1) is 14.7. The largest absolute Gasteiger partial charge is 0.448 e. The first kappa shape index (κ1) is 18.9. The Morgan fingerprint density at radius 2 is 1.83 bits per heavy atom. The van der Waals surface area contributed by atoms with Crippen molar-refractivity contribution >= 4 is 45.4 Å². The third-order valence-corrected chi connectivity index (χ3v) is 6.43. The Kier molecular flexibility index (Phi) is 5.04. The van der Waals surface area contributed by atoms with E-state index in [1.165, 1.54) is 11.8 Å². The lowest BCUT2D eigenvalue weighted by Crippen LogP contribution is -2.26. The molecular formula is C23H21N3O3S. The standard InChI is InChI=1S/C23H21N3O3S/c27-19(24-15-8-2-1-3-9-15)14-30-23-25-20-17-12-6-7-13-18(17)29-21(20)22(28)26(23)16-10-4-5-11-16/h1-3,6-9,12-13,16H,4-5,10-11,14H2,(H,24,27). The van der Waals surface area contributed by atoms with Gasteiger partial charge in [-0.1, -0.05) is 54.9 Å². The molecule has 1 fully saturated rings. The number of aromatic nitrogens is 2. The molecule has 0 radical (unpaired) electrons. The topological polar surface area (TPSA) is 77.1 Å². The quantitative estimate of drug-likeness (QED) is 0.364. The van der Waals surface area contributed by atoms with Gasteiger partial charge in [0.1, 0.15) is 11.1 Å². The molecule has 1 saturated carbocycles. The van der Waals surface area contributed by atoms with Gasteiger partial charge in [0.2, 0.25) is 11.5 Å². The van der Waals surface area contributed by atoms with Gasteiger partial charge in [-0.05, 0) is 37.1 Å². The second kappa shape index (κ2) is 7.99. The molecule has 2 aromatic heterocycles. The number of nitrogens with zero attached hydrogens (tertiary/aromatic N) is 2. The van der Waals surface area contributed by atoms with E-state index in [-0.39, 0.29) is 23.3 Å². The van der Waals surface area contributed by atoms with Crippen molar-refractivity contribution in [3.05, 3.63) is 65.0 Å². The lowest BCUT2D eigenvalue weighted by Gasteiger charge is -2.17.